The van der Waals surface area contributed by atoms with Gasteiger partial charge < -0.3 is 19.3 Å². The SMILES string of the molecule is CC1(C(=O)N2CCCC(=O)N3CCCCC3CCc3cccc(c3)OCC2)COC1. The molecule has 6 nitrogen and oxygen atoms in total. The highest BCUT2D eigenvalue weighted by molar-refractivity contribution is 5.83. The number of aryl methyl sites for hydroxylation is 1. The number of carbonyl (C=O) groups excluding carboxylic acids is 2. The minimum absolute atomic E-state index is 0.110. The lowest BCUT2D eigenvalue weighted by molar-refractivity contribution is -0.169. The van der Waals surface area contributed by atoms with E-state index < -0.39 is 5.41 Å². The van der Waals surface area contributed by atoms with Crippen LogP contribution in [-0.2, 0) is 20.7 Å². The summed E-state index contributed by atoms with van der Waals surface area (Å²) >= 11 is 0. The zero-order valence-electron chi connectivity index (χ0n) is 18.1. The van der Waals surface area contributed by atoms with Gasteiger partial charge in [-0.25, -0.2) is 0 Å². The predicted octanol–water partition coefficient (Wildman–Crippen LogP) is 3.04. The maximum absolute atomic E-state index is 13.1. The highest BCUT2D eigenvalue weighted by atomic mass is 16.5. The molecule has 3 aliphatic heterocycles. The molecule has 2 fully saturated rings. The van der Waals surface area contributed by atoms with Crippen LogP contribution >= 0.6 is 0 Å². The molecule has 0 N–H and O–H groups in total. The highest BCUT2D eigenvalue weighted by Crippen LogP contribution is 2.29. The van der Waals surface area contributed by atoms with Gasteiger partial charge in [-0.2, -0.15) is 0 Å². The summed E-state index contributed by atoms with van der Waals surface area (Å²) in [4.78, 5) is 30.0. The van der Waals surface area contributed by atoms with Gasteiger partial charge >= 0.3 is 0 Å². The van der Waals surface area contributed by atoms with E-state index in [1.165, 1.54) is 12.0 Å². The highest BCUT2D eigenvalue weighted by Gasteiger charge is 2.43. The molecule has 6 heteroatoms. The topological polar surface area (TPSA) is 59.1 Å². The van der Waals surface area contributed by atoms with E-state index in [9.17, 15) is 9.59 Å². The molecule has 0 saturated carbocycles. The number of rotatable bonds is 1. The van der Waals surface area contributed by atoms with Crippen LogP contribution in [0, 0.1) is 5.41 Å². The smallest absolute Gasteiger partial charge is 0.233 e. The summed E-state index contributed by atoms with van der Waals surface area (Å²) in [7, 11) is 0. The third-order valence-electron chi connectivity index (χ3n) is 6.71. The van der Waals surface area contributed by atoms with E-state index in [2.05, 4.69) is 17.0 Å². The van der Waals surface area contributed by atoms with E-state index in [4.69, 9.17) is 9.47 Å². The zero-order chi connectivity index (χ0) is 21.0. The van der Waals surface area contributed by atoms with Crippen LogP contribution in [0.3, 0.4) is 0 Å². The normalized spacial score (nSPS) is 25.2. The van der Waals surface area contributed by atoms with Crippen molar-refractivity contribution in [3.8, 4) is 5.75 Å². The summed E-state index contributed by atoms with van der Waals surface area (Å²) in [6.45, 7) is 5.34. The van der Waals surface area contributed by atoms with Crippen molar-refractivity contribution in [2.75, 3.05) is 39.5 Å². The summed E-state index contributed by atoms with van der Waals surface area (Å²) in [6.07, 6.45) is 6.52. The molecule has 3 heterocycles. The molecule has 3 aliphatic rings. The van der Waals surface area contributed by atoms with Crippen molar-refractivity contribution in [3.05, 3.63) is 29.8 Å². The minimum Gasteiger partial charge on any atom is -0.492 e. The molecular formula is C24H34N2O4. The van der Waals surface area contributed by atoms with E-state index in [0.717, 1.165) is 38.0 Å². The molecule has 0 aliphatic carbocycles. The number of amides is 2. The summed E-state index contributed by atoms with van der Waals surface area (Å²) in [6, 6.07) is 8.56. The molecule has 164 valence electrons. The van der Waals surface area contributed by atoms with Gasteiger partial charge in [0.05, 0.1) is 25.2 Å². The van der Waals surface area contributed by atoms with Crippen molar-refractivity contribution in [2.45, 2.75) is 57.9 Å². The van der Waals surface area contributed by atoms with Crippen molar-refractivity contribution in [1.82, 2.24) is 9.80 Å². The molecule has 0 aromatic heterocycles. The zero-order valence-corrected chi connectivity index (χ0v) is 18.1. The van der Waals surface area contributed by atoms with E-state index in [0.29, 0.717) is 51.8 Å². The Bertz CT molecular complexity index is 761. The molecule has 2 bridgehead atoms. The van der Waals surface area contributed by atoms with E-state index in [1.807, 2.05) is 24.0 Å². The van der Waals surface area contributed by atoms with Crippen molar-refractivity contribution in [2.24, 2.45) is 5.41 Å². The molecule has 1 atom stereocenters. The molecule has 1 aromatic rings. The van der Waals surface area contributed by atoms with Gasteiger partial charge in [0, 0.05) is 25.6 Å². The standard InChI is InChI=1S/C24H34N2O4/c1-24(17-29-18-24)23(28)25-12-5-9-22(27)26-13-3-2-7-20(26)11-10-19-6-4-8-21(16-19)30-15-14-25/h4,6,8,16,20H,2-3,5,7,9-15,17-18H2,1H3. The van der Waals surface area contributed by atoms with Crippen LogP contribution in [0.4, 0.5) is 0 Å². The first-order valence-corrected chi connectivity index (χ1v) is 11.4. The Balaban J connectivity index is 1.50. The first-order valence-electron chi connectivity index (χ1n) is 11.4. The largest absolute Gasteiger partial charge is 0.492 e. The fourth-order valence-corrected chi connectivity index (χ4v) is 4.82. The van der Waals surface area contributed by atoms with Gasteiger partial charge in [-0.05, 0) is 63.1 Å². The van der Waals surface area contributed by atoms with Crippen molar-refractivity contribution < 1.29 is 19.1 Å². The van der Waals surface area contributed by atoms with Crippen LogP contribution in [0.25, 0.3) is 0 Å². The number of benzene rings is 1. The number of nitrogens with zero attached hydrogens (tertiary/aromatic N) is 2. The van der Waals surface area contributed by atoms with Crippen LogP contribution < -0.4 is 4.74 Å². The Morgan fingerprint density at radius 1 is 1.07 bits per heavy atom. The lowest BCUT2D eigenvalue weighted by Gasteiger charge is -2.40. The second-order valence-corrected chi connectivity index (χ2v) is 9.22. The summed E-state index contributed by atoms with van der Waals surface area (Å²) < 4.78 is 11.3. The average molecular weight is 415 g/mol. The van der Waals surface area contributed by atoms with Crippen molar-refractivity contribution in [1.29, 1.82) is 0 Å². The Morgan fingerprint density at radius 2 is 1.93 bits per heavy atom. The van der Waals surface area contributed by atoms with Gasteiger partial charge in [0.15, 0.2) is 0 Å². The number of hydrogen-bond donors (Lipinski definition) is 0. The maximum atomic E-state index is 13.1. The Hall–Kier alpha value is -2.08. The van der Waals surface area contributed by atoms with Gasteiger partial charge in [-0.15, -0.1) is 0 Å². The monoisotopic (exact) mass is 414 g/mol. The molecule has 2 saturated heterocycles. The van der Waals surface area contributed by atoms with Gasteiger partial charge in [-0.1, -0.05) is 12.1 Å². The van der Waals surface area contributed by atoms with Crippen molar-refractivity contribution in [3.63, 3.8) is 0 Å². The second-order valence-electron chi connectivity index (χ2n) is 9.22. The molecule has 30 heavy (non-hydrogen) atoms. The van der Waals surface area contributed by atoms with Gasteiger partial charge in [0.25, 0.3) is 0 Å². The fraction of sp³-hybridized carbons (Fsp3) is 0.667. The molecule has 1 unspecified atom stereocenters. The third kappa shape index (κ3) is 4.80. The van der Waals surface area contributed by atoms with Crippen molar-refractivity contribution >= 4 is 11.8 Å². The van der Waals surface area contributed by atoms with Gasteiger partial charge in [-0.3, -0.25) is 9.59 Å². The van der Waals surface area contributed by atoms with Gasteiger partial charge in [0.2, 0.25) is 11.8 Å². The van der Waals surface area contributed by atoms with Gasteiger partial charge in [0.1, 0.15) is 12.4 Å². The second kappa shape index (κ2) is 9.38. The summed E-state index contributed by atoms with van der Waals surface area (Å²) in [5.41, 5.74) is 0.803. The third-order valence-corrected chi connectivity index (χ3v) is 6.71. The number of fused-ring (bicyclic) bond motifs is 3. The van der Waals surface area contributed by atoms with Crippen LogP contribution in [0.5, 0.6) is 5.75 Å². The van der Waals surface area contributed by atoms with Crippen LogP contribution in [0.1, 0.15) is 51.0 Å². The molecule has 0 spiro atoms. The average Bonchev–Trinajstić information content (AvgIpc) is 2.74. The van der Waals surface area contributed by atoms with E-state index in [-0.39, 0.29) is 11.8 Å². The molecule has 0 radical (unpaired) electrons. The fourth-order valence-electron chi connectivity index (χ4n) is 4.82. The summed E-state index contributed by atoms with van der Waals surface area (Å²) in [5, 5.41) is 0. The van der Waals surface area contributed by atoms with E-state index in [1.54, 1.807) is 0 Å². The van der Waals surface area contributed by atoms with Crippen LogP contribution in [0.15, 0.2) is 24.3 Å². The summed E-state index contributed by atoms with van der Waals surface area (Å²) in [5.74, 6) is 1.20. The van der Waals surface area contributed by atoms with E-state index >= 15 is 0 Å². The first kappa shape index (κ1) is 21.2. The molecule has 2 amide bonds. The van der Waals surface area contributed by atoms with Crippen LogP contribution in [0.2, 0.25) is 0 Å². The Labute approximate surface area is 179 Å². The quantitative estimate of drug-likeness (QED) is 0.709. The van der Waals surface area contributed by atoms with Crippen LogP contribution in [-0.4, -0.2) is 67.1 Å². The molecule has 4 rings (SSSR count). The number of hydrogen-bond acceptors (Lipinski definition) is 4. The lowest BCUT2D eigenvalue weighted by Crippen LogP contribution is -2.54. The molecule has 1 aromatic carbocycles. The lowest BCUT2D eigenvalue weighted by atomic mass is 9.87. The number of ether oxygens (including phenoxy) is 2. The molecular weight excluding hydrogens is 380 g/mol. The number of piperidine rings is 1. The predicted molar refractivity (Wildman–Crippen MR) is 114 cm³/mol. The Kier molecular flexibility index (Phi) is 6.61. The maximum Gasteiger partial charge on any atom is 0.233 e. The Morgan fingerprint density at radius 3 is 2.73 bits per heavy atom. The first-order chi connectivity index (χ1) is 14.5. The number of carbonyl (C=O) groups is 2. The minimum atomic E-state index is -0.440.